The highest BCUT2D eigenvalue weighted by Gasteiger charge is 2.15. The SMILES string of the molecule is COc1ccccc1Cn1nccc1NC(=O)CSc1nnnn1-c1cccc(C)c1C. The number of carbonyl (C=O) groups is 1. The Labute approximate surface area is 189 Å². The summed E-state index contributed by atoms with van der Waals surface area (Å²) in [6, 6.07) is 15.4. The summed E-state index contributed by atoms with van der Waals surface area (Å²) in [7, 11) is 1.63. The molecule has 0 bridgehead atoms. The number of hydrogen-bond acceptors (Lipinski definition) is 7. The van der Waals surface area contributed by atoms with E-state index >= 15 is 0 Å². The Morgan fingerprint density at radius 1 is 1.12 bits per heavy atom. The van der Waals surface area contributed by atoms with Crippen molar-refractivity contribution >= 4 is 23.5 Å². The summed E-state index contributed by atoms with van der Waals surface area (Å²) in [5, 5.41) is 19.7. The van der Waals surface area contributed by atoms with Gasteiger partial charge in [-0.3, -0.25) is 4.79 Å². The van der Waals surface area contributed by atoms with Crippen molar-refractivity contribution in [3.05, 3.63) is 71.4 Å². The molecule has 0 saturated carbocycles. The van der Waals surface area contributed by atoms with Crippen LogP contribution in [0.4, 0.5) is 5.82 Å². The highest BCUT2D eigenvalue weighted by Crippen LogP contribution is 2.23. The highest BCUT2D eigenvalue weighted by atomic mass is 32.2. The number of methoxy groups -OCH3 is 1. The minimum absolute atomic E-state index is 0.158. The number of para-hydroxylation sites is 1. The van der Waals surface area contributed by atoms with Crippen LogP contribution < -0.4 is 10.1 Å². The third-order valence-electron chi connectivity index (χ3n) is 5.07. The maximum Gasteiger partial charge on any atom is 0.235 e. The number of aromatic nitrogens is 6. The molecule has 4 rings (SSSR count). The quantitative estimate of drug-likeness (QED) is 0.412. The van der Waals surface area contributed by atoms with Crippen LogP contribution in [0, 0.1) is 13.8 Å². The van der Waals surface area contributed by atoms with E-state index < -0.39 is 0 Å². The number of nitrogens with one attached hydrogen (secondary N) is 1. The number of tetrazole rings is 1. The number of carbonyl (C=O) groups excluding carboxylic acids is 1. The first kappa shape index (κ1) is 21.6. The Morgan fingerprint density at radius 3 is 2.81 bits per heavy atom. The van der Waals surface area contributed by atoms with E-state index in [1.54, 1.807) is 28.7 Å². The Hall–Kier alpha value is -3.66. The average molecular weight is 450 g/mol. The lowest BCUT2D eigenvalue weighted by atomic mass is 10.1. The number of nitrogens with zero attached hydrogens (tertiary/aromatic N) is 6. The maximum atomic E-state index is 12.6. The molecule has 2 heterocycles. The van der Waals surface area contributed by atoms with Crippen molar-refractivity contribution in [1.82, 2.24) is 30.0 Å². The van der Waals surface area contributed by atoms with Crippen molar-refractivity contribution in [3.63, 3.8) is 0 Å². The van der Waals surface area contributed by atoms with Crippen molar-refractivity contribution in [2.45, 2.75) is 25.5 Å². The van der Waals surface area contributed by atoms with Crippen LogP contribution in [0.5, 0.6) is 5.75 Å². The molecule has 0 atom stereocenters. The van der Waals surface area contributed by atoms with E-state index in [2.05, 4.69) is 25.9 Å². The summed E-state index contributed by atoms with van der Waals surface area (Å²) in [6.45, 7) is 4.54. The Kier molecular flexibility index (Phi) is 6.50. The fourth-order valence-corrected chi connectivity index (χ4v) is 3.94. The predicted octanol–water partition coefficient (Wildman–Crippen LogP) is 3.26. The van der Waals surface area contributed by atoms with Gasteiger partial charge in [0.15, 0.2) is 0 Å². The largest absolute Gasteiger partial charge is 0.496 e. The van der Waals surface area contributed by atoms with Crippen molar-refractivity contribution < 1.29 is 9.53 Å². The van der Waals surface area contributed by atoms with Crippen LogP contribution >= 0.6 is 11.8 Å². The molecule has 2 aromatic heterocycles. The number of amides is 1. The monoisotopic (exact) mass is 449 g/mol. The maximum absolute atomic E-state index is 12.6. The molecule has 4 aromatic rings. The van der Waals surface area contributed by atoms with Gasteiger partial charge in [0.1, 0.15) is 11.6 Å². The highest BCUT2D eigenvalue weighted by molar-refractivity contribution is 7.99. The van der Waals surface area contributed by atoms with Gasteiger partial charge in [-0.05, 0) is 47.5 Å². The minimum atomic E-state index is -0.174. The van der Waals surface area contributed by atoms with E-state index in [-0.39, 0.29) is 11.7 Å². The fraction of sp³-hybridized carbons (Fsp3) is 0.227. The van der Waals surface area contributed by atoms with E-state index in [9.17, 15) is 4.79 Å². The van der Waals surface area contributed by atoms with Crippen molar-refractivity contribution in [2.75, 3.05) is 18.2 Å². The zero-order valence-corrected chi connectivity index (χ0v) is 18.8. The molecule has 1 amide bonds. The molecule has 0 fully saturated rings. The molecule has 164 valence electrons. The lowest BCUT2D eigenvalue weighted by molar-refractivity contribution is -0.113. The number of anilines is 1. The second kappa shape index (κ2) is 9.65. The first-order chi connectivity index (χ1) is 15.6. The molecule has 0 radical (unpaired) electrons. The van der Waals surface area contributed by atoms with Crippen LogP contribution in [-0.2, 0) is 11.3 Å². The second-order valence-corrected chi connectivity index (χ2v) is 8.06. The minimum Gasteiger partial charge on any atom is -0.496 e. The number of ether oxygens (including phenoxy) is 1. The van der Waals surface area contributed by atoms with Crippen LogP contribution in [0.3, 0.4) is 0 Å². The topological polar surface area (TPSA) is 99.8 Å². The number of aryl methyl sites for hydroxylation is 1. The summed E-state index contributed by atoms with van der Waals surface area (Å²) in [5.74, 6) is 1.36. The molecule has 1 N–H and O–H groups in total. The summed E-state index contributed by atoms with van der Waals surface area (Å²) in [4.78, 5) is 12.6. The molecule has 2 aromatic carbocycles. The normalized spacial score (nSPS) is 10.8. The van der Waals surface area contributed by atoms with Gasteiger partial charge in [0.2, 0.25) is 11.1 Å². The summed E-state index contributed by atoms with van der Waals surface area (Å²) >= 11 is 1.27. The van der Waals surface area contributed by atoms with Crippen LogP contribution in [0.1, 0.15) is 16.7 Å². The van der Waals surface area contributed by atoms with Gasteiger partial charge in [0.25, 0.3) is 0 Å². The van der Waals surface area contributed by atoms with Gasteiger partial charge in [0.05, 0.1) is 31.3 Å². The summed E-state index contributed by atoms with van der Waals surface area (Å²) < 4.78 is 8.79. The molecule has 0 spiro atoms. The molecule has 0 unspecified atom stereocenters. The van der Waals surface area contributed by atoms with Crippen LogP contribution in [0.15, 0.2) is 59.9 Å². The number of benzene rings is 2. The number of hydrogen-bond donors (Lipinski definition) is 1. The Morgan fingerprint density at radius 2 is 1.97 bits per heavy atom. The molecular formula is C22H23N7O2S. The van der Waals surface area contributed by atoms with E-state index in [0.717, 1.165) is 28.1 Å². The fourth-order valence-electron chi connectivity index (χ4n) is 3.25. The summed E-state index contributed by atoms with van der Waals surface area (Å²) in [6.07, 6.45) is 1.65. The van der Waals surface area contributed by atoms with E-state index in [4.69, 9.17) is 4.74 Å². The molecule has 0 saturated heterocycles. The zero-order chi connectivity index (χ0) is 22.5. The zero-order valence-electron chi connectivity index (χ0n) is 18.0. The predicted molar refractivity (Wildman–Crippen MR) is 122 cm³/mol. The number of thioether (sulfide) groups is 1. The van der Waals surface area contributed by atoms with Crippen LogP contribution in [0.25, 0.3) is 5.69 Å². The lowest BCUT2D eigenvalue weighted by Crippen LogP contribution is -2.18. The van der Waals surface area contributed by atoms with Crippen LogP contribution in [0.2, 0.25) is 0 Å². The average Bonchev–Trinajstić information content (AvgIpc) is 3.44. The van der Waals surface area contributed by atoms with Gasteiger partial charge in [0, 0.05) is 11.6 Å². The van der Waals surface area contributed by atoms with E-state index in [0.29, 0.717) is 17.5 Å². The van der Waals surface area contributed by atoms with Gasteiger partial charge in [-0.25, -0.2) is 4.68 Å². The molecule has 9 nitrogen and oxygen atoms in total. The first-order valence-corrected chi connectivity index (χ1v) is 11.0. The third kappa shape index (κ3) is 4.65. The molecule has 0 aliphatic carbocycles. The van der Waals surface area contributed by atoms with Gasteiger partial charge in [-0.15, -0.1) is 5.10 Å². The third-order valence-corrected chi connectivity index (χ3v) is 5.99. The first-order valence-electron chi connectivity index (χ1n) is 9.98. The van der Waals surface area contributed by atoms with Gasteiger partial charge in [-0.1, -0.05) is 42.1 Å². The number of rotatable bonds is 8. The van der Waals surface area contributed by atoms with Crippen LogP contribution in [-0.4, -0.2) is 48.8 Å². The molecule has 0 aliphatic rings. The molecule has 0 aliphatic heterocycles. The van der Waals surface area contributed by atoms with E-state index in [1.807, 2.05) is 56.3 Å². The van der Waals surface area contributed by atoms with Gasteiger partial charge >= 0.3 is 0 Å². The standard InChI is InChI=1S/C22H23N7O2S/c1-15-7-6-9-18(16(15)2)29-22(25-26-27-29)32-14-21(30)24-20-11-12-23-28(20)13-17-8-4-5-10-19(17)31-3/h4-12H,13-14H2,1-3H3,(H,24,30). The summed E-state index contributed by atoms with van der Waals surface area (Å²) in [5.41, 5.74) is 4.10. The lowest BCUT2D eigenvalue weighted by Gasteiger charge is -2.12. The molecule has 32 heavy (non-hydrogen) atoms. The molecule has 10 heteroatoms. The van der Waals surface area contributed by atoms with Crippen molar-refractivity contribution in [2.24, 2.45) is 0 Å². The van der Waals surface area contributed by atoms with Gasteiger partial charge < -0.3 is 10.1 Å². The Bertz CT molecular complexity index is 1230. The van der Waals surface area contributed by atoms with Gasteiger partial charge in [-0.2, -0.15) is 9.78 Å². The smallest absolute Gasteiger partial charge is 0.235 e. The Balaban J connectivity index is 1.42. The molecular weight excluding hydrogens is 426 g/mol. The van der Waals surface area contributed by atoms with Crippen molar-refractivity contribution in [3.8, 4) is 11.4 Å². The van der Waals surface area contributed by atoms with Crippen molar-refractivity contribution in [1.29, 1.82) is 0 Å². The second-order valence-electron chi connectivity index (χ2n) is 7.12. The van der Waals surface area contributed by atoms with E-state index in [1.165, 1.54) is 11.8 Å².